The molecule has 3 amide bonds. The molecule has 4 atom stereocenters. The van der Waals surface area contributed by atoms with Gasteiger partial charge in [-0.25, -0.2) is 0 Å². The second-order valence-corrected chi connectivity index (χ2v) is 11.7. The van der Waals surface area contributed by atoms with E-state index in [2.05, 4.69) is 5.32 Å². The van der Waals surface area contributed by atoms with Crippen LogP contribution in [-0.2, 0) is 26.5 Å². The number of ether oxygens (including phenoxy) is 2. The Morgan fingerprint density at radius 3 is 2.58 bits per heavy atom. The fourth-order valence-electron chi connectivity index (χ4n) is 6.81. The molecule has 3 aliphatic heterocycles. The molecule has 0 unspecified atom stereocenters. The van der Waals surface area contributed by atoms with E-state index in [-0.39, 0.29) is 42.7 Å². The third-order valence-electron chi connectivity index (χ3n) is 9.02. The lowest BCUT2D eigenvalue weighted by molar-refractivity contribution is -0.150. The summed E-state index contributed by atoms with van der Waals surface area (Å²) in [5.74, 6) is -0.0582. The maximum atomic E-state index is 14.4. The van der Waals surface area contributed by atoms with E-state index < -0.39 is 11.7 Å². The van der Waals surface area contributed by atoms with E-state index in [9.17, 15) is 19.5 Å². The van der Waals surface area contributed by atoms with Crippen LogP contribution in [0.15, 0.2) is 72.8 Å². The molecule has 0 bridgehead atoms. The predicted octanol–water partition coefficient (Wildman–Crippen LogP) is 4.49. The summed E-state index contributed by atoms with van der Waals surface area (Å²) in [6.07, 6.45) is 1.90. The summed E-state index contributed by atoms with van der Waals surface area (Å²) in [4.78, 5) is 44.2. The number of hydrogen-bond donors (Lipinski definition) is 2. The molecule has 0 saturated carbocycles. The third kappa shape index (κ3) is 5.28. The van der Waals surface area contributed by atoms with E-state index in [0.717, 1.165) is 24.1 Å². The SMILES string of the molecule is COc1ccc(C(=O)Nc2ccc3c(c2)[C@]2(O[C@@H](CC(=O)N4CCC[C@H]4CO)C[C@H]2C)C(=O)N3Cc2ccccc2)cc1. The van der Waals surface area contributed by atoms with Crippen molar-refractivity contribution >= 4 is 29.1 Å². The van der Waals surface area contributed by atoms with Crippen molar-refractivity contribution < 1.29 is 29.0 Å². The Kier molecular flexibility index (Phi) is 7.94. The van der Waals surface area contributed by atoms with Crippen molar-refractivity contribution in [2.75, 3.05) is 30.5 Å². The first-order chi connectivity index (χ1) is 20.8. The van der Waals surface area contributed by atoms with Gasteiger partial charge in [0.1, 0.15) is 5.75 Å². The highest BCUT2D eigenvalue weighted by Crippen LogP contribution is 2.54. The number of nitrogens with one attached hydrogen (secondary N) is 1. The molecular weight excluding hydrogens is 546 g/mol. The number of benzene rings is 3. The zero-order chi connectivity index (χ0) is 30.1. The molecule has 0 aromatic heterocycles. The Bertz CT molecular complexity index is 1510. The maximum Gasteiger partial charge on any atom is 0.264 e. The number of aliphatic hydroxyl groups excluding tert-OH is 1. The number of amides is 3. The second kappa shape index (κ2) is 11.8. The molecule has 9 heteroatoms. The highest BCUT2D eigenvalue weighted by atomic mass is 16.5. The van der Waals surface area contributed by atoms with Crippen molar-refractivity contribution in [2.24, 2.45) is 5.92 Å². The molecule has 6 rings (SSSR count). The first-order valence-corrected chi connectivity index (χ1v) is 14.9. The number of fused-ring (bicyclic) bond motifs is 2. The van der Waals surface area contributed by atoms with Gasteiger partial charge in [-0.3, -0.25) is 14.4 Å². The molecular formula is C34H37N3O6. The molecule has 3 heterocycles. The topological polar surface area (TPSA) is 108 Å². The van der Waals surface area contributed by atoms with Gasteiger partial charge in [0.2, 0.25) is 5.91 Å². The van der Waals surface area contributed by atoms with Gasteiger partial charge in [-0.15, -0.1) is 0 Å². The molecule has 3 aromatic rings. The molecule has 224 valence electrons. The zero-order valence-corrected chi connectivity index (χ0v) is 24.5. The quantitative estimate of drug-likeness (QED) is 0.405. The summed E-state index contributed by atoms with van der Waals surface area (Å²) in [6.45, 7) is 2.94. The van der Waals surface area contributed by atoms with E-state index in [1.807, 2.05) is 49.4 Å². The van der Waals surface area contributed by atoms with Crippen LogP contribution >= 0.6 is 0 Å². The van der Waals surface area contributed by atoms with Crippen LogP contribution in [0, 0.1) is 5.92 Å². The van der Waals surface area contributed by atoms with E-state index in [1.54, 1.807) is 47.2 Å². The van der Waals surface area contributed by atoms with Gasteiger partial charge in [-0.1, -0.05) is 37.3 Å². The third-order valence-corrected chi connectivity index (χ3v) is 9.02. The van der Waals surface area contributed by atoms with Crippen LogP contribution in [0.2, 0.25) is 0 Å². The van der Waals surface area contributed by atoms with Gasteiger partial charge >= 0.3 is 0 Å². The molecule has 2 fully saturated rings. The summed E-state index contributed by atoms with van der Waals surface area (Å²) in [5.41, 5.74) is 2.15. The van der Waals surface area contributed by atoms with Crippen LogP contribution in [0.1, 0.15) is 54.1 Å². The fourth-order valence-corrected chi connectivity index (χ4v) is 6.81. The number of nitrogens with zero attached hydrogens (tertiary/aromatic N) is 2. The Morgan fingerprint density at radius 1 is 1.09 bits per heavy atom. The van der Waals surface area contributed by atoms with Crippen molar-refractivity contribution in [3.05, 3.63) is 89.5 Å². The number of carbonyl (C=O) groups excluding carboxylic acids is 3. The van der Waals surface area contributed by atoms with Crippen LogP contribution in [0.5, 0.6) is 5.75 Å². The van der Waals surface area contributed by atoms with E-state index in [1.165, 1.54) is 0 Å². The van der Waals surface area contributed by atoms with Crippen LogP contribution < -0.4 is 15.0 Å². The molecule has 9 nitrogen and oxygen atoms in total. The molecule has 2 N–H and O–H groups in total. The number of aliphatic hydroxyl groups is 1. The number of methoxy groups -OCH3 is 1. The number of carbonyl (C=O) groups is 3. The summed E-state index contributed by atoms with van der Waals surface area (Å²) >= 11 is 0. The standard InChI is InChI=1S/C34H37N3O6/c1-22-17-28(19-31(39)36-16-6-9-26(36)21-38)43-34(22)29-18-25(35-32(40)24-10-13-27(42-2)14-11-24)12-15-30(29)37(33(34)41)20-23-7-4-3-5-8-23/h3-5,7-8,10-15,18,22,26,28,38H,6,9,16-17,19-21H2,1-2H3,(H,35,40)/t22-,26+,28-,34+/m1/s1. The molecule has 1 spiro atoms. The Labute approximate surface area is 251 Å². The van der Waals surface area contributed by atoms with Crippen LogP contribution in [-0.4, -0.2) is 60.1 Å². The van der Waals surface area contributed by atoms with Crippen LogP contribution in [0.4, 0.5) is 11.4 Å². The molecule has 0 radical (unpaired) electrons. The smallest absolute Gasteiger partial charge is 0.264 e. The van der Waals surface area contributed by atoms with Gasteiger partial charge in [0.25, 0.3) is 11.8 Å². The van der Waals surface area contributed by atoms with Crippen LogP contribution in [0.25, 0.3) is 0 Å². The van der Waals surface area contributed by atoms with Gasteiger partial charge < -0.3 is 29.7 Å². The van der Waals surface area contributed by atoms with E-state index >= 15 is 0 Å². The maximum absolute atomic E-state index is 14.4. The predicted molar refractivity (Wildman–Crippen MR) is 162 cm³/mol. The number of hydrogen-bond acceptors (Lipinski definition) is 6. The Morgan fingerprint density at radius 2 is 1.86 bits per heavy atom. The first kappa shape index (κ1) is 28.9. The van der Waals surface area contributed by atoms with Crippen molar-refractivity contribution in [1.29, 1.82) is 0 Å². The normalized spacial score (nSPS) is 24.4. The second-order valence-electron chi connectivity index (χ2n) is 11.7. The lowest BCUT2D eigenvalue weighted by atomic mass is 9.82. The molecule has 43 heavy (non-hydrogen) atoms. The molecule has 2 saturated heterocycles. The average Bonchev–Trinajstić information content (AvgIpc) is 3.70. The van der Waals surface area contributed by atoms with Crippen molar-refractivity contribution in [2.45, 2.75) is 56.9 Å². The summed E-state index contributed by atoms with van der Waals surface area (Å²) in [5, 5.41) is 12.7. The Hall–Kier alpha value is -4.21. The van der Waals surface area contributed by atoms with Crippen LogP contribution in [0.3, 0.4) is 0 Å². The van der Waals surface area contributed by atoms with Gasteiger partial charge in [-0.05, 0) is 67.3 Å². The largest absolute Gasteiger partial charge is 0.497 e. The molecule has 3 aliphatic rings. The zero-order valence-electron chi connectivity index (χ0n) is 24.5. The summed E-state index contributed by atoms with van der Waals surface area (Å²) in [6, 6.07) is 22.0. The van der Waals surface area contributed by atoms with Crippen molar-refractivity contribution in [1.82, 2.24) is 4.90 Å². The molecule has 3 aromatic carbocycles. The minimum atomic E-state index is -1.28. The fraction of sp³-hybridized carbons (Fsp3) is 0.382. The lowest BCUT2D eigenvalue weighted by Gasteiger charge is -2.29. The van der Waals surface area contributed by atoms with Gasteiger partial charge in [-0.2, -0.15) is 0 Å². The first-order valence-electron chi connectivity index (χ1n) is 14.9. The van der Waals surface area contributed by atoms with Gasteiger partial charge in [0.05, 0.1) is 44.5 Å². The average molecular weight is 584 g/mol. The van der Waals surface area contributed by atoms with Gasteiger partial charge in [0, 0.05) is 29.3 Å². The molecule has 0 aliphatic carbocycles. The lowest BCUT2D eigenvalue weighted by Crippen LogP contribution is -2.44. The highest BCUT2D eigenvalue weighted by molar-refractivity contribution is 6.09. The highest BCUT2D eigenvalue weighted by Gasteiger charge is 2.60. The van der Waals surface area contributed by atoms with E-state index in [4.69, 9.17) is 9.47 Å². The summed E-state index contributed by atoms with van der Waals surface area (Å²) in [7, 11) is 1.57. The number of anilines is 2. The van der Waals surface area contributed by atoms with E-state index in [0.29, 0.717) is 42.1 Å². The Balaban J connectivity index is 1.30. The van der Waals surface area contributed by atoms with Gasteiger partial charge in [0.15, 0.2) is 5.60 Å². The summed E-state index contributed by atoms with van der Waals surface area (Å²) < 4.78 is 11.9. The van der Waals surface area contributed by atoms with Crippen molar-refractivity contribution in [3.63, 3.8) is 0 Å². The minimum absolute atomic E-state index is 0.0526. The number of likely N-dealkylation sites (tertiary alicyclic amines) is 1. The van der Waals surface area contributed by atoms with Crippen molar-refractivity contribution in [3.8, 4) is 5.75 Å². The minimum Gasteiger partial charge on any atom is -0.497 e. The number of rotatable bonds is 8. The monoisotopic (exact) mass is 583 g/mol.